The summed E-state index contributed by atoms with van der Waals surface area (Å²) in [6, 6.07) is 9.72. The molecule has 0 spiro atoms. The van der Waals surface area contributed by atoms with Crippen molar-refractivity contribution in [3.8, 4) is 10.7 Å². The normalized spacial score (nSPS) is 14.5. The van der Waals surface area contributed by atoms with Gasteiger partial charge < -0.3 is 4.90 Å². The van der Waals surface area contributed by atoms with Crippen molar-refractivity contribution in [2.75, 3.05) is 18.0 Å². The summed E-state index contributed by atoms with van der Waals surface area (Å²) in [5.41, 5.74) is 2.75. The molecular weight excluding hydrogens is 354 g/mol. The van der Waals surface area contributed by atoms with Gasteiger partial charge in [-0.15, -0.1) is 10.2 Å². The summed E-state index contributed by atoms with van der Waals surface area (Å²) in [7, 11) is 0. The number of hydrogen-bond acceptors (Lipinski definition) is 5. The number of pyridine rings is 1. The van der Waals surface area contributed by atoms with E-state index in [2.05, 4.69) is 20.1 Å². The molecule has 0 radical (unpaired) electrons. The van der Waals surface area contributed by atoms with Crippen LogP contribution in [-0.4, -0.2) is 28.3 Å². The predicted molar refractivity (Wildman–Crippen MR) is 98.9 cm³/mol. The lowest BCUT2D eigenvalue weighted by Gasteiger charge is -2.27. The van der Waals surface area contributed by atoms with Crippen LogP contribution in [0.2, 0.25) is 0 Å². The highest BCUT2D eigenvalue weighted by Crippen LogP contribution is 2.30. The standard InChI is InChI=1S/C19H16F2N4S/c20-15-5-4-14(12-16(15)21)11-13-6-9-25(10-7-13)19-24-23-18(26-19)17-3-1-2-8-22-17/h1-5,8,11-12H,6-7,9-10H2. The van der Waals surface area contributed by atoms with Gasteiger partial charge >= 0.3 is 0 Å². The van der Waals surface area contributed by atoms with E-state index in [0.29, 0.717) is 5.56 Å². The summed E-state index contributed by atoms with van der Waals surface area (Å²) < 4.78 is 26.4. The van der Waals surface area contributed by atoms with E-state index in [0.717, 1.165) is 47.8 Å². The molecule has 0 unspecified atom stereocenters. The van der Waals surface area contributed by atoms with Gasteiger partial charge in [-0.3, -0.25) is 4.98 Å². The molecule has 1 aliphatic rings. The van der Waals surface area contributed by atoms with Crippen molar-refractivity contribution in [3.05, 3.63) is 65.4 Å². The highest BCUT2D eigenvalue weighted by Gasteiger charge is 2.19. The number of piperidine rings is 1. The molecule has 1 aliphatic heterocycles. The summed E-state index contributed by atoms with van der Waals surface area (Å²) in [5, 5.41) is 10.2. The molecule has 0 N–H and O–H groups in total. The van der Waals surface area contributed by atoms with Crippen LogP contribution < -0.4 is 4.90 Å². The maximum Gasteiger partial charge on any atom is 0.208 e. The van der Waals surface area contributed by atoms with Crippen molar-refractivity contribution in [1.82, 2.24) is 15.2 Å². The summed E-state index contributed by atoms with van der Waals surface area (Å²) in [6.07, 6.45) is 5.40. The first kappa shape index (κ1) is 16.8. The quantitative estimate of drug-likeness (QED) is 0.678. The van der Waals surface area contributed by atoms with Gasteiger partial charge in [-0.1, -0.05) is 35.1 Å². The third-order valence-corrected chi connectivity index (χ3v) is 5.30. The molecule has 1 aromatic carbocycles. The molecule has 0 saturated carbocycles. The highest BCUT2D eigenvalue weighted by atomic mass is 32.1. The fourth-order valence-electron chi connectivity index (χ4n) is 2.90. The van der Waals surface area contributed by atoms with Crippen LogP contribution in [0.3, 0.4) is 0 Å². The predicted octanol–water partition coefficient (Wildman–Crippen LogP) is 4.56. The lowest BCUT2D eigenvalue weighted by Crippen LogP contribution is -2.30. The molecule has 0 amide bonds. The zero-order valence-electron chi connectivity index (χ0n) is 13.9. The summed E-state index contributed by atoms with van der Waals surface area (Å²) >= 11 is 1.53. The fraction of sp³-hybridized carbons (Fsp3) is 0.211. The Bertz CT molecular complexity index is 930. The van der Waals surface area contributed by atoms with Crippen LogP contribution in [0, 0.1) is 11.6 Å². The molecule has 4 nitrogen and oxygen atoms in total. The van der Waals surface area contributed by atoms with E-state index < -0.39 is 11.6 Å². The number of benzene rings is 1. The van der Waals surface area contributed by atoms with Crippen LogP contribution in [0.4, 0.5) is 13.9 Å². The van der Waals surface area contributed by atoms with Gasteiger partial charge in [0.05, 0.1) is 0 Å². The Hall–Kier alpha value is -2.67. The van der Waals surface area contributed by atoms with Gasteiger partial charge in [0.25, 0.3) is 0 Å². The van der Waals surface area contributed by atoms with Crippen molar-refractivity contribution >= 4 is 22.5 Å². The Morgan fingerprint density at radius 1 is 1.00 bits per heavy atom. The minimum Gasteiger partial charge on any atom is -0.346 e. The molecule has 7 heteroatoms. The average Bonchev–Trinajstić information content (AvgIpc) is 3.16. The Kier molecular flexibility index (Phi) is 4.71. The van der Waals surface area contributed by atoms with E-state index in [1.54, 1.807) is 12.3 Å². The minimum atomic E-state index is -0.818. The van der Waals surface area contributed by atoms with Crippen molar-refractivity contribution in [3.63, 3.8) is 0 Å². The monoisotopic (exact) mass is 370 g/mol. The molecule has 1 fully saturated rings. The van der Waals surface area contributed by atoms with Crippen LogP contribution in [0.1, 0.15) is 18.4 Å². The topological polar surface area (TPSA) is 41.9 Å². The SMILES string of the molecule is Fc1ccc(C=C2CCN(c3nnc(-c4ccccn4)s3)CC2)cc1F. The Balaban J connectivity index is 1.43. The van der Waals surface area contributed by atoms with Crippen LogP contribution in [-0.2, 0) is 0 Å². The molecule has 4 rings (SSSR count). The van der Waals surface area contributed by atoms with E-state index in [9.17, 15) is 8.78 Å². The number of halogens is 2. The molecule has 2 aromatic heterocycles. The van der Waals surface area contributed by atoms with E-state index >= 15 is 0 Å². The lowest BCUT2D eigenvalue weighted by atomic mass is 10.0. The molecule has 26 heavy (non-hydrogen) atoms. The van der Waals surface area contributed by atoms with Gasteiger partial charge in [0.1, 0.15) is 5.69 Å². The summed E-state index contributed by atoms with van der Waals surface area (Å²) in [4.78, 5) is 6.50. The average molecular weight is 370 g/mol. The van der Waals surface area contributed by atoms with Gasteiger partial charge in [-0.05, 0) is 42.7 Å². The molecule has 132 valence electrons. The fourth-order valence-corrected chi connectivity index (χ4v) is 3.78. The lowest BCUT2D eigenvalue weighted by molar-refractivity contribution is 0.508. The minimum absolute atomic E-state index is 0.695. The van der Waals surface area contributed by atoms with Gasteiger partial charge in [0.15, 0.2) is 16.6 Å². The molecule has 3 aromatic rings. The third kappa shape index (κ3) is 3.62. The number of rotatable bonds is 3. The van der Waals surface area contributed by atoms with Gasteiger partial charge in [0, 0.05) is 19.3 Å². The molecule has 0 bridgehead atoms. The molecule has 0 atom stereocenters. The Morgan fingerprint density at radius 2 is 1.85 bits per heavy atom. The molecule has 1 saturated heterocycles. The second-order valence-corrected chi connectivity index (χ2v) is 7.02. The zero-order chi connectivity index (χ0) is 17.9. The van der Waals surface area contributed by atoms with Gasteiger partial charge in [-0.2, -0.15) is 0 Å². The maximum atomic E-state index is 13.3. The molecule has 0 aliphatic carbocycles. The van der Waals surface area contributed by atoms with Gasteiger partial charge in [-0.25, -0.2) is 8.78 Å². The first-order valence-electron chi connectivity index (χ1n) is 8.33. The Morgan fingerprint density at radius 3 is 2.58 bits per heavy atom. The second-order valence-electron chi connectivity index (χ2n) is 6.07. The number of hydrogen-bond donors (Lipinski definition) is 0. The van der Waals surface area contributed by atoms with Crippen molar-refractivity contribution in [1.29, 1.82) is 0 Å². The van der Waals surface area contributed by atoms with Crippen LogP contribution in [0.15, 0.2) is 48.2 Å². The van der Waals surface area contributed by atoms with Crippen molar-refractivity contribution < 1.29 is 8.78 Å². The zero-order valence-corrected chi connectivity index (χ0v) is 14.7. The van der Waals surface area contributed by atoms with E-state index in [-0.39, 0.29) is 0 Å². The van der Waals surface area contributed by atoms with Crippen molar-refractivity contribution in [2.45, 2.75) is 12.8 Å². The van der Waals surface area contributed by atoms with E-state index in [4.69, 9.17) is 0 Å². The molecular formula is C19H16F2N4S. The smallest absolute Gasteiger partial charge is 0.208 e. The van der Waals surface area contributed by atoms with E-state index in [1.165, 1.54) is 23.0 Å². The summed E-state index contributed by atoms with van der Waals surface area (Å²) in [5.74, 6) is -1.63. The number of nitrogens with zero attached hydrogens (tertiary/aromatic N) is 4. The largest absolute Gasteiger partial charge is 0.346 e. The van der Waals surface area contributed by atoms with Gasteiger partial charge in [0.2, 0.25) is 5.13 Å². The van der Waals surface area contributed by atoms with E-state index in [1.807, 2.05) is 24.3 Å². The van der Waals surface area contributed by atoms with Crippen LogP contribution in [0.5, 0.6) is 0 Å². The maximum absolute atomic E-state index is 13.3. The summed E-state index contributed by atoms with van der Waals surface area (Å²) in [6.45, 7) is 1.65. The Labute approximate surface area is 153 Å². The van der Waals surface area contributed by atoms with Crippen LogP contribution in [0.25, 0.3) is 16.8 Å². The highest BCUT2D eigenvalue weighted by molar-refractivity contribution is 7.18. The number of anilines is 1. The molecule has 3 heterocycles. The third-order valence-electron chi connectivity index (χ3n) is 4.29. The second kappa shape index (κ2) is 7.29. The number of aromatic nitrogens is 3. The first-order valence-corrected chi connectivity index (χ1v) is 9.15. The first-order chi connectivity index (χ1) is 12.7. The van der Waals surface area contributed by atoms with Crippen LogP contribution >= 0.6 is 11.3 Å². The van der Waals surface area contributed by atoms with Crippen molar-refractivity contribution in [2.24, 2.45) is 0 Å².